The van der Waals surface area contributed by atoms with Crippen LogP contribution in [0.4, 0.5) is 0 Å². The van der Waals surface area contributed by atoms with Crippen molar-refractivity contribution in [3.05, 3.63) is 97.7 Å². The zero-order valence-electron chi connectivity index (χ0n) is 16.4. The fourth-order valence-electron chi connectivity index (χ4n) is 3.76. The average Bonchev–Trinajstić information content (AvgIpc) is 2.94. The van der Waals surface area contributed by atoms with E-state index < -0.39 is 11.1 Å². The van der Waals surface area contributed by atoms with Crippen LogP contribution < -0.4 is 11.1 Å². The molecular formula is C24H20N2O3. The summed E-state index contributed by atoms with van der Waals surface area (Å²) in [5.74, 6) is 0. The second-order valence-corrected chi connectivity index (χ2v) is 8.34. The quantitative estimate of drug-likeness (QED) is 0.464. The summed E-state index contributed by atoms with van der Waals surface area (Å²) in [7, 11) is 0. The normalized spacial score (nSPS) is 12.2. The number of nitrogens with zero attached hydrogens (tertiary/aromatic N) is 1. The lowest BCUT2D eigenvalue weighted by molar-refractivity contribution is 0.553. The molecule has 2 aliphatic rings. The van der Waals surface area contributed by atoms with Gasteiger partial charge in [-0.25, -0.2) is 4.57 Å². The number of H-pyrrole nitrogens is 1. The van der Waals surface area contributed by atoms with Crippen molar-refractivity contribution in [3.8, 4) is 5.69 Å². The summed E-state index contributed by atoms with van der Waals surface area (Å²) >= 11 is 0. The SMILES string of the molecule is CC(C)(C)c1ccc2oc3c(=O)n(-c4cccc5ccccc45)c(=O)c=3[nH]c2c1. The molecule has 2 heterocycles. The van der Waals surface area contributed by atoms with Crippen LogP contribution >= 0.6 is 0 Å². The standard InChI is InChI=1S/C24H20N2O3/c1-24(2,3)15-11-12-19-17(13-15)25-20-21(29-19)23(28)26(22(20)27)18-10-6-8-14-7-4-5-9-16(14)18/h4-13,25H,1-3H3. The number of nitrogens with one attached hydrogen (secondary N) is 1. The number of fused-ring (bicyclic) bond motifs is 2. The van der Waals surface area contributed by atoms with Gasteiger partial charge >= 0.3 is 5.56 Å². The van der Waals surface area contributed by atoms with Gasteiger partial charge in [0.15, 0.2) is 10.9 Å². The van der Waals surface area contributed by atoms with Crippen molar-refractivity contribution in [1.29, 1.82) is 0 Å². The molecule has 29 heavy (non-hydrogen) atoms. The van der Waals surface area contributed by atoms with Crippen LogP contribution in [0.2, 0.25) is 0 Å². The van der Waals surface area contributed by atoms with Gasteiger partial charge in [0.1, 0.15) is 0 Å². The summed E-state index contributed by atoms with van der Waals surface area (Å²) in [5.41, 5.74) is 2.02. The van der Waals surface area contributed by atoms with Crippen molar-refractivity contribution < 1.29 is 4.42 Å². The van der Waals surface area contributed by atoms with Crippen molar-refractivity contribution >= 4 is 21.9 Å². The number of hydrogen-bond acceptors (Lipinski definition) is 3. The number of benzene rings is 3. The lowest BCUT2D eigenvalue weighted by Crippen LogP contribution is -2.24. The van der Waals surface area contributed by atoms with E-state index in [1.807, 2.05) is 54.6 Å². The highest BCUT2D eigenvalue weighted by atomic mass is 16.3. The van der Waals surface area contributed by atoms with Gasteiger partial charge in [0.25, 0.3) is 5.56 Å². The number of rotatable bonds is 1. The van der Waals surface area contributed by atoms with Gasteiger partial charge < -0.3 is 9.40 Å². The molecule has 1 N–H and O–H groups in total. The fourth-order valence-corrected chi connectivity index (χ4v) is 3.76. The molecule has 0 aliphatic carbocycles. The van der Waals surface area contributed by atoms with Crippen molar-refractivity contribution in [3.63, 3.8) is 0 Å². The van der Waals surface area contributed by atoms with Crippen molar-refractivity contribution in [2.75, 3.05) is 0 Å². The first-order chi connectivity index (χ1) is 13.8. The van der Waals surface area contributed by atoms with E-state index in [1.54, 1.807) is 6.07 Å². The second kappa shape index (κ2) is 5.95. The van der Waals surface area contributed by atoms with Gasteiger partial charge in [-0.1, -0.05) is 63.2 Å². The van der Waals surface area contributed by atoms with E-state index in [0.717, 1.165) is 16.3 Å². The molecule has 5 rings (SSSR count). The molecule has 3 aromatic rings. The minimum absolute atomic E-state index is 0.0407. The van der Waals surface area contributed by atoms with Gasteiger partial charge in [-0.15, -0.1) is 0 Å². The summed E-state index contributed by atoms with van der Waals surface area (Å²) in [5, 5.41) is 1.98. The van der Waals surface area contributed by atoms with Crippen LogP contribution in [0.15, 0.2) is 74.7 Å². The maximum atomic E-state index is 13.2. The van der Waals surface area contributed by atoms with E-state index in [9.17, 15) is 9.59 Å². The number of aromatic nitrogens is 2. The van der Waals surface area contributed by atoms with Crippen LogP contribution in [-0.4, -0.2) is 9.55 Å². The minimum atomic E-state index is -0.459. The summed E-state index contributed by atoms with van der Waals surface area (Å²) < 4.78 is 7.07. The molecule has 0 fully saturated rings. The third-order valence-corrected chi connectivity index (χ3v) is 5.37. The molecule has 3 aromatic carbocycles. The van der Waals surface area contributed by atoms with E-state index >= 15 is 0 Å². The van der Waals surface area contributed by atoms with Crippen LogP contribution in [0.1, 0.15) is 26.3 Å². The van der Waals surface area contributed by atoms with E-state index in [1.165, 1.54) is 4.57 Å². The lowest BCUT2D eigenvalue weighted by atomic mass is 9.87. The van der Waals surface area contributed by atoms with Gasteiger partial charge in [-0.05, 0) is 34.6 Å². The summed E-state index contributed by atoms with van der Waals surface area (Å²) in [6.45, 7) is 6.36. The molecule has 0 amide bonds. The Labute approximate surface area is 165 Å². The monoisotopic (exact) mass is 384 g/mol. The van der Waals surface area contributed by atoms with Crippen LogP contribution in [0.25, 0.3) is 27.6 Å². The van der Waals surface area contributed by atoms with Gasteiger partial charge in [0.2, 0.25) is 5.42 Å². The minimum Gasteiger partial charge on any atom is -0.447 e. The fraction of sp³-hybridized carbons (Fsp3) is 0.167. The maximum absolute atomic E-state index is 13.2. The predicted octanol–water partition coefficient (Wildman–Crippen LogP) is 4.45. The van der Waals surface area contributed by atoms with Crippen LogP contribution in [-0.2, 0) is 5.41 Å². The molecule has 0 saturated carbocycles. The first-order valence-electron chi connectivity index (χ1n) is 9.55. The zero-order valence-corrected chi connectivity index (χ0v) is 16.4. The Hall–Kier alpha value is -3.60. The van der Waals surface area contributed by atoms with Gasteiger partial charge in [0, 0.05) is 5.39 Å². The van der Waals surface area contributed by atoms with Crippen LogP contribution in [0.3, 0.4) is 0 Å². The topological polar surface area (TPSA) is 68.0 Å². The van der Waals surface area contributed by atoms with Crippen molar-refractivity contribution in [2.45, 2.75) is 26.2 Å². The predicted molar refractivity (Wildman–Crippen MR) is 114 cm³/mol. The molecule has 0 unspecified atom stereocenters. The highest BCUT2D eigenvalue weighted by Crippen LogP contribution is 2.25. The third kappa shape index (κ3) is 2.62. The van der Waals surface area contributed by atoms with E-state index in [4.69, 9.17) is 4.42 Å². The Morgan fingerprint density at radius 2 is 1.66 bits per heavy atom. The molecular weight excluding hydrogens is 364 g/mol. The molecule has 0 spiro atoms. The average molecular weight is 384 g/mol. The van der Waals surface area contributed by atoms with E-state index in [0.29, 0.717) is 16.8 Å². The van der Waals surface area contributed by atoms with Gasteiger partial charge in [0.05, 0.1) is 11.2 Å². The molecule has 0 aromatic heterocycles. The highest BCUT2D eigenvalue weighted by Gasteiger charge is 2.18. The second-order valence-electron chi connectivity index (χ2n) is 8.34. The van der Waals surface area contributed by atoms with Gasteiger partial charge in [-0.3, -0.25) is 9.59 Å². The molecule has 144 valence electrons. The molecule has 0 saturated heterocycles. The maximum Gasteiger partial charge on any atom is 0.303 e. The Morgan fingerprint density at radius 3 is 2.45 bits per heavy atom. The van der Waals surface area contributed by atoms with Crippen LogP contribution in [0, 0.1) is 10.8 Å². The Kier molecular flexibility index (Phi) is 3.59. The molecule has 2 aliphatic heterocycles. The molecule has 5 nitrogen and oxygen atoms in total. The Morgan fingerprint density at radius 1 is 0.897 bits per heavy atom. The first-order valence-corrected chi connectivity index (χ1v) is 9.55. The largest absolute Gasteiger partial charge is 0.447 e. The van der Waals surface area contributed by atoms with E-state index in [2.05, 4.69) is 25.8 Å². The Bertz CT molecular complexity index is 1570. The number of aromatic amines is 1. The molecule has 0 atom stereocenters. The van der Waals surface area contributed by atoms with Crippen LogP contribution in [0.5, 0.6) is 0 Å². The summed E-state index contributed by atoms with van der Waals surface area (Å²) in [4.78, 5) is 29.4. The molecule has 0 bridgehead atoms. The molecule has 0 radical (unpaired) electrons. The molecule has 5 heteroatoms. The van der Waals surface area contributed by atoms with Gasteiger partial charge in [-0.2, -0.15) is 0 Å². The first kappa shape index (κ1) is 17.5. The highest BCUT2D eigenvalue weighted by molar-refractivity contribution is 5.90. The lowest BCUT2D eigenvalue weighted by Gasteiger charge is -2.18. The van der Waals surface area contributed by atoms with Crippen molar-refractivity contribution in [1.82, 2.24) is 9.55 Å². The Balaban J connectivity index is 1.86. The van der Waals surface area contributed by atoms with Crippen molar-refractivity contribution in [2.24, 2.45) is 0 Å². The van der Waals surface area contributed by atoms with E-state index in [-0.39, 0.29) is 16.2 Å². The third-order valence-electron chi connectivity index (χ3n) is 5.37. The smallest absolute Gasteiger partial charge is 0.303 e. The zero-order chi connectivity index (χ0) is 20.3. The summed E-state index contributed by atoms with van der Waals surface area (Å²) in [6, 6.07) is 19.0. The number of hydrogen-bond donors (Lipinski definition) is 1. The summed E-state index contributed by atoms with van der Waals surface area (Å²) in [6.07, 6.45) is 0.